The number of allylic oxidation sites excluding steroid dienone is 1. The molecule has 4 aromatic heterocycles. The summed E-state index contributed by atoms with van der Waals surface area (Å²) in [6, 6.07) is 13.8. The zero-order chi connectivity index (χ0) is 31.5. The van der Waals surface area contributed by atoms with Crippen molar-refractivity contribution in [1.29, 1.82) is 0 Å². The molecule has 236 valence electrons. The van der Waals surface area contributed by atoms with Crippen molar-refractivity contribution in [3.63, 3.8) is 0 Å². The lowest BCUT2D eigenvalue weighted by Gasteiger charge is -2.34. The lowest BCUT2D eigenvalue weighted by Crippen LogP contribution is -2.48. The average Bonchev–Trinajstić information content (AvgIpc) is 3.74. The van der Waals surface area contributed by atoms with Crippen molar-refractivity contribution >= 4 is 56.0 Å². The number of nitrogens with one attached hydrogen (secondary N) is 1. The highest BCUT2D eigenvalue weighted by Crippen LogP contribution is 2.36. The molecule has 0 saturated carbocycles. The van der Waals surface area contributed by atoms with Crippen LogP contribution in [0.15, 0.2) is 60.4 Å². The van der Waals surface area contributed by atoms with Crippen LogP contribution in [0.1, 0.15) is 30.3 Å². The minimum Gasteiger partial charge on any atom is -0.378 e. The fraction of sp³-hybridized carbons (Fsp3) is 0.353. The molecule has 2 saturated heterocycles. The summed E-state index contributed by atoms with van der Waals surface area (Å²) in [5.74, 6) is 1.66. The molecule has 1 amide bonds. The molecule has 5 aromatic rings. The van der Waals surface area contributed by atoms with Gasteiger partial charge in [0.25, 0.3) is 0 Å². The maximum Gasteiger partial charge on any atom is 0.223 e. The number of anilines is 1. The third-order valence-corrected chi connectivity index (χ3v) is 9.71. The molecular weight excluding hydrogens is 600 g/mol. The second kappa shape index (κ2) is 13.5. The second-order valence-corrected chi connectivity index (χ2v) is 12.8. The van der Waals surface area contributed by atoms with Gasteiger partial charge in [-0.1, -0.05) is 18.2 Å². The van der Waals surface area contributed by atoms with E-state index in [2.05, 4.69) is 31.0 Å². The Labute approximate surface area is 270 Å². The first kappa shape index (κ1) is 30.2. The molecule has 0 bridgehead atoms. The lowest BCUT2D eigenvalue weighted by molar-refractivity contribution is -0.134. The van der Waals surface area contributed by atoms with E-state index >= 15 is 0 Å². The first-order valence-electron chi connectivity index (χ1n) is 15.7. The number of nitrogens with zero attached hydrogens (tertiary/aromatic N) is 7. The summed E-state index contributed by atoms with van der Waals surface area (Å²) in [7, 11) is 0. The van der Waals surface area contributed by atoms with Crippen LogP contribution in [-0.2, 0) is 20.9 Å². The Morgan fingerprint density at radius 2 is 1.85 bits per heavy atom. The molecule has 12 heteroatoms. The number of Topliss-reactive ketones (excluding diaryl/α,β-unsaturated/α-hetero) is 1. The Bertz CT molecular complexity index is 1890. The molecule has 7 rings (SSSR count). The van der Waals surface area contributed by atoms with Crippen LogP contribution in [0.4, 0.5) is 5.82 Å². The first-order valence-corrected chi connectivity index (χ1v) is 16.5. The first-order chi connectivity index (χ1) is 22.5. The number of benzene rings is 1. The molecule has 0 aliphatic carbocycles. The highest BCUT2D eigenvalue weighted by molar-refractivity contribution is 7.19. The van der Waals surface area contributed by atoms with Crippen LogP contribution in [-0.4, -0.2) is 99.1 Å². The van der Waals surface area contributed by atoms with E-state index in [1.807, 2.05) is 47.5 Å². The predicted octanol–water partition coefficient (Wildman–Crippen LogP) is 4.56. The molecule has 0 spiro atoms. The van der Waals surface area contributed by atoms with Crippen LogP contribution >= 0.6 is 11.3 Å². The van der Waals surface area contributed by atoms with Gasteiger partial charge in [-0.05, 0) is 42.8 Å². The molecule has 1 aromatic carbocycles. The monoisotopic (exact) mass is 636 g/mol. The zero-order valence-electron chi connectivity index (χ0n) is 25.8. The van der Waals surface area contributed by atoms with Gasteiger partial charge >= 0.3 is 0 Å². The Hall–Kier alpha value is -4.52. The van der Waals surface area contributed by atoms with E-state index in [1.165, 1.54) is 4.88 Å². The van der Waals surface area contributed by atoms with E-state index in [0.717, 1.165) is 70.9 Å². The van der Waals surface area contributed by atoms with Crippen molar-refractivity contribution in [1.82, 2.24) is 34.9 Å². The highest BCUT2D eigenvalue weighted by Gasteiger charge is 2.24. The number of aromatic amines is 1. The van der Waals surface area contributed by atoms with E-state index in [9.17, 15) is 9.59 Å². The van der Waals surface area contributed by atoms with Gasteiger partial charge in [-0.3, -0.25) is 24.6 Å². The fourth-order valence-electron chi connectivity index (χ4n) is 6.03. The maximum absolute atomic E-state index is 13.0. The SMILES string of the molecule is CC(=Cc1ccccn1)C(=O)CCC(=O)N1CCN(Cc2cc3nc(-c4cccc5[nH]ncc45)nc(N4CCOCC4)c3s2)CC1. The number of rotatable bonds is 9. The summed E-state index contributed by atoms with van der Waals surface area (Å²) in [5, 5.41) is 8.28. The van der Waals surface area contributed by atoms with E-state index in [4.69, 9.17) is 14.7 Å². The van der Waals surface area contributed by atoms with Gasteiger partial charge < -0.3 is 14.5 Å². The van der Waals surface area contributed by atoms with Crippen molar-refractivity contribution in [2.75, 3.05) is 57.4 Å². The van der Waals surface area contributed by atoms with Crippen molar-refractivity contribution in [2.24, 2.45) is 0 Å². The largest absolute Gasteiger partial charge is 0.378 e. The molecule has 2 aliphatic heterocycles. The molecule has 0 atom stereocenters. The second-order valence-electron chi connectivity index (χ2n) is 11.7. The van der Waals surface area contributed by atoms with Gasteiger partial charge in [0, 0.05) is 80.7 Å². The van der Waals surface area contributed by atoms with Crippen LogP contribution in [0.25, 0.3) is 38.6 Å². The van der Waals surface area contributed by atoms with Crippen LogP contribution in [0, 0.1) is 0 Å². The summed E-state index contributed by atoms with van der Waals surface area (Å²) in [6.07, 6.45) is 5.73. The van der Waals surface area contributed by atoms with Gasteiger partial charge in [-0.15, -0.1) is 11.3 Å². The number of ketones is 1. The van der Waals surface area contributed by atoms with Gasteiger partial charge in [0.1, 0.15) is 0 Å². The summed E-state index contributed by atoms with van der Waals surface area (Å²) in [6.45, 7) is 8.36. The van der Waals surface area contributed by atoms with Crippen LogP contribution in [0.2, 0.25) is 0 Å². The zero-order valence-corrected chi connectivity index (χ0v) is 26.6. The van der Waals surface area contributed by atoms with E-state index < -0.39 is 0 Å². The normalized spacial score (nSPS) is 16.4. The lowest BCUT2D eigenvalue weighted by atomic mass is 10.1. The van der Waals surface area contributed by atoms with Crippen LogP contribution < -0.4 is 4.90 Å². The third kappa shape index (κ3) is 6.55. The Kier molecular flexibility index (Phi) is 8.82. The van der Waals surface area contributed by atoms with Gasteiger partial charge in [-0.25, -0.2) is 9.97 Å². The molecular formula is C34H36N8O3S. The van der Waals surface area contributed by atoms with E-state index in [0.29, 0.717) is 37.7 Å². The maximum atomic E-state index is 13.0. The summed E-state index contributed by atoms with van der Waals surface area (Å²) in [5.41, 5.74) is 4.21. The summed E-state index contributed by atoms with van der Waals surface area (Å²) >= 11 is 1.75. The Morgan fingerprint density at radius 3 is 2.65 bits per heavy atom. The van der Waals surface area contributed by atoms with Crippen molar-refractivity contribution < 1.29 is 14.3 Å². The van der Waals surface area contributed by atoms with Crippen molar-refractivity contribution in [3.8, 4) is 11.4 Å². The standard InChI is InChI=1S/C34H36N8O3S/c1-23(19-24-5-2-3-10-35-24)30(43)8-9-31(44)41-13-11-40(12-14-41)22-25-20-29-32(46-25)34(42-15-17-45-18-16-42)38-33(37-29)26-6-4-7-28-27(26)21-36-39-28/h2-7,10,19-21H,8-9,11-18,22H2,1H3,(H,36,39). The van der Waals surface area contributed by atoms with Gasteiger partial charge in [0.2, 0.25) is 5.91 Å². The number of thiophene rings is 1. The number of pyridine rings is 1. The highest BCUT2D eigenvalue weighted by atomic mass is 32.1. The minimum absolute atomic E-state index is 0.0217. The van der Waals surface area contributed by atoms with Crippen LogP contribution in [0.5, 0.6) is 0 Å². The van der Waals surface area contributed by atoms with Gasteiger partial charge in [0.15, 0.2) is 17.4 Å². The van der Waals surface area contributed by atoms with Crippen molar-refractivity contribution in [3.05, 3.63) is 71.0 Å². The minimum atomic E-state index is -0.0217. The molecule has 2 fully saturated rings. The average molecular weight is 637 g/mol. The quantitative estimate of drug-likeness (QED) is 0.232. The van der Waals surface area contributed by atoms with Crippen molar-refractivity contribution in [2.45, 2.75) is 26.3 Å². The molecule has 6 heterocycles. The number of piperazine rings is 1. The number of carbonyl (C=O) groups excluding carboxylic acids is 2. The smallest absolute Gasteiger partial charge is 0.223 e. The Balaban J connectivity index is 1.01. The van der Waals surface area contributed by atoms with Crippen LogP contribution in [0.3, 0.4) is 0 Å². The predicted molar refractivity (Wildman–Crippen MR) is 180 cm³/mol. The summed E-state index contributed by atoms with van der Waals surface area (Å²) < 4.78 is 6.72. The fourth-order valence-corrected chi connectivity index (χ4v) is 7.19. The molecule has 11 nitrogen and oxygen atoms in total. The number of fused-ring (bicyclic) bond motifs is 2. The van der Waals surface area contributed by atoms with Gasteiger partial charge in [-0.2, -0.15) is 5.10 Å². The molecule has 46 heavy (non-hydrogen) atoms. The number of H-pyrrole nitrogens is 1. The third-order valence-electron chi connectivity index (χ3n) is 8.60. The summed E-state index contributed by atoms with van der Waals surface area (Å²) in [4.78, 5) is 47.8. The topological polar surface area (TPSA) is 120 Å². The number of ether oxygens (including phenoxy) is 1. The van der Waals surface area contributed by atoms with Gasteiger partial charge in [0.05, 0.1) is 40.8 Å². The van der Waals surface area contributed by atoms with E-state index in [-0.39, 0.29) is 24.5 Å². The molecule has 2 aliphatic rings. The Morgan fingerprint density at radius 1 is 1.00 bits per heavy atom. The molecule has 0 radical (unpaired) electrons. The number of morpholine rings is 1. The number of hydrogen-bond acceptors (Lipinski definition) is 10. The molecule has 1 N–H and O–H groups in total. The number of hydrogen-bond donors (Lipinski definition) is 1. The molecule has 0 unspecified atom stereocenters. The van der Waals surface area contributed by atoms with E-state index in [1.54, 1.807) is 30.5 Å². The number of aromatic nitrogens is 5. The number of amides is 1. The number of carbonyl (C=O) groups is 2.